The maximum absolute atomic E-state index is 11.8. The van der Waals surface area contributed by atoms with Gasteiger partial charge in [-0.15, -0.1) is 11.8 Å². The molecule has 0 aliphatic carbocycles. The van der Waals surface area contributed by atoms with E-state index in [1.165, 1.54) is 5.56 Å². The summed E-state index contributed by atoms with van der Waals surface area (Å²) >= 11 is 4.99. The van der Waals surface area contributed by atoms with Gasteiger partial charge in [0.1, 0.15) is 5.82 Å². The van der Waals surface area contributed by atoms with Gasteiger partial charge in [-0.3, -0.25) is 4.79 Å². The zero-order valence-corrected chi connectivity index (χ0v) is 13.6. The van der Waals surface area contributed by atoms with Crippen LogP contribution in [0.25, 0.3) is 0 Å². The van der Waals surface area contributed by atoms with Gasteiger partial charge >= 0.3 is 0 Å². The zero-order valence-electron chi connectivity index (χ0n) is 11.1. The van der Waals surface area contributed by atoms with Crippen molar-refractivity contribution in [3.8, 4) is 0 Å². The van der Waals surface area contributed by atoms with Crippen molar-refractivity contribution in [2.45, 2.75) is 18.2 Å². The Bertz CT molecular complexity index is 572. The summed E-state index contributed by atoms with van der Waals surface area (Å²) in [6, 6.07) is 6.07. The molecule has 0 radical (unpaired) electrons. The van der Waals surface area contributed by atoms with Crippen LogP contribution in [-0.4, -0.2) is 28.2 Å². The van der Waals surface area contributed by atoms with Crippen LogP contribution in [0.4, 0.5) is 0 Å². The lowest BCUT2D eigenvalue weighted by molar-refractivity contribution is -0.118. The van der Waals surface area contributed by atoms with Crippen molar-refractivity contribution in [2.75, 3.05) is 12.3 Å². The quantitative estimate of drug-likeness (QED) is 0.785. The van der Waals surface area contributed by atoms with Gasteiger partial charge in [-0.25, -0.2) is 4.98 Å². The van der Waals surface area contributed by atoms with Gasteiger partial charge in [-0.2, -0.15) is 0 Å². The number of nitrogens with one attached hydrogen (secondary N) is 2. The van der Waals surface area contributed by atoms with Crippen LogP contribution in [0.15, 0.2) is 40.0 Å². The number of hydrogen-bond acceptors (Lipinski definition) is 3. The summed E-state index contributed by atoms with van der Waals surface area (Å²) < 4.78 is 1.06. The average Bonchev–Trinajstić information content (AvgIpc) is 2.91. The Morgan fingerprint density at radius 2 is 2.35 bits per heavy atom. The largest absolute Gasteiger partial charge is 0.355 e. The van der Waals surface area contributed by atoms with Gasteiger partial charge in [-0.05, 0) is 30.7 Å². The molecule has 106 valence electrons. The third kappa shape index (κ3) is 4.68. The number of carbonyl (C=O) groups is 1. The number of aryl methyl sites for hydroxylation is 1. The fourth-order valence-electron chi connectivity index (χ4n) is 1.72. The summed E-state index contributed by atoms with van der Waals surface area (Å²) in [7, 11) is 0. The molecule has 0 bridgehead atoms. The second-order valence-electron chi connectivity index (χ2n) is 4.33. The summed E-state index contributed by atoms with van der Waals surface area (Å²) in [5, 5.41) is 2.89. The lowest BCUT2D eigenvalue weighted by Crippen LogP contribution is -2.27. The molecule has 2 rings (SSSR count). The highest BCUT2D eigenvalue weighted by atomic mass is 79.9. The first kappa shape index (κ1) is 15.1. The van der Waals surface area contributed by atoms with E-state index in [4.69, 9.17) is 0 Å². The Hall–Kier alpha value is -1.27. The SMILES string of the molecule is Cc1cc(Br)ccc1SCC(=O)NCCc1ncc[nH]1. The number of hydrogen-bond donors (Lipinski definition) is 2. The summed E-state index contributed by atoms with van der Waals surface area (Å²) in [5.41, 5.74) is 1.17. The minimum Gasteiger partial charge on any atom is -0.355 e. The van der Waals surface area contributed by atoms with E-state index >= 15 is 0 Å². The Balaban J connectivity index is 1.72. The van der Waals surface area contributed by atoms with Gasteiger partial charge in [0.15, 0.2) is 0 Å². The van der Waals surface area contributed by atoms with E-state index in [1.54, 1.807) is 24.2 Å². The Kier molecular flexibility index (Phi) is 5.67. The lowest BCUT2D eigenvalue weighted by Gasteiger charge is -2.07. The molecule has 1 aromatic heterocycles. The van der Waals surface area contributed by atoms with Gasteiger partial charge in [0.05, 0.1) is 5.75 Å². The molecule has 0 atom stereocenters. The molecule has 0 saturated heterocycles. The molecule has 1 heterocycles. The fourth-order valence-corrected chi connectivity index (χ4v) is 3.04. The van der Waals surface area contributed by atoms with E-state index in [0.717, 1.165) is 21.6 Å². The second-order valence-corrected chi connectivity index (χ2v) is 6.27. The van der Waals surface area contributed by atoms with E-state index < -0.39 is 0 Å². The number of halogens is 1. The van der Waals surface area contributed by atoms with Crippen molar-refractivity contribution >= 4 is 33.6 Å². The molecule has 2 aromatic rings. The third-order valence-corrected chi connectivity index (χ3v) is 4.40. The number of carbonyl (C=O) groups excluding carboxylic acids is 1. The van der Waals surface area contributed by atoms with Crippen molar-refractivity contribution in [3.05, 3.63) is 46.5 Å². The number of imidazole rings is 1. The minimum atomic E-state index is 0.0453. The van der Waals surface area contributed by atoms with Crippen LogP contribution in [0.5, 0.6) is 0 Å². The summed E-state index contributed by atoms with van der Waals surface area (Å²) in [6.07, 6.45) is 4.22. The molecule has 0 unspecified atom stereocenters. The Morgan fingerprint density at radius 3 is 3.05 bits per heavy atom. The molecular formula is C14H16BrN3OS. The normalized spacial score (nSPS) is 10.5. The number of aromatic nitrogens is 2. The van der Waals surface area contributed by atoms with Gasteiger partial charge < -0.3 is 10.3 Å². The summed E-state index contributed by atoms with van der Waals surface area (Å²) in [4.78, 5) is 20.0. The monoisotopic (exact) mass is 353 g/mol. The molecule has 20 heavy (non-hydrogen) atoms. The van der Waals surface area contributed by atoms with Gasteiger partial charge in [0.2, 0.25) is 5.91 Å². The minimum absolute atomic E-state index is 0.0453. The van der Waals surface area contributed by atoms with Crippen LogP contribution in [-0.2, 0) is 11.2 Å². The highest BCUT2D eigenvalue weighted by Crippen LogP contribution is 2.24. The van der Waals surface area contributed by atoms with Gasteiger partial charge in [0.25, 0.3) is 0 Å². The number of nitrogens with zero attached hydrogens (tertiary/aromatic N) is 1. The molecule has 0 fully saturated rings. The molecule has 2 N–H and O–H groups in total. The van der Waals surface area contributed by atoms with Gasteiger partial charge in [0, 0.05) is 34.7 Å². The van der Waals surface area contributed by atoms with E-state index in [0.29, 0.717) is 12.3 Å². The Labute approximate surface area is 130 Å². The second kappa shape index (κ2) is 7.50. The maximum Gasteiger partial charge on any atom is 0.230 e. The van der Waals surface area contributed by atoms with Crippen molar-refractivity contribution in [3.63, 3.8) is 0 Å². The summed E-state index contributed by atoms with van der Waals surface area (Å²) in [6.45, 7) is 2.65. The van der Waals surface area contributed by atoms with Crippen LogP contribution in [0, 0.1) is 6.92 Å². The molecule has 1 aromatic carbocycles. The number of benzene rings is 1. The van der Waals surface area contributed by atoms with Crippen molar-refractivity contribution < 1.29 is 4.79 Å². The molecule has 4 nitrogen and oxygen atoms in total. The Morgan fingerprint density at radius 1 is 1.50 bits per heavy atom. The van der Waals surface area contributed by atoms with Crippen molar-refractivity contribution in [1.82, 2.24) is 15.3 Å². The number of thioether (sulfide) groups is 1. The highest BCUT2D eigenvalue weighted by Gasteiger charge is 2.05. The number of aromatic amines is 1. The predicted octanol–water partition coefficient (Wildman–Crippen LogP) is 2.93. The highest BCUT2D eigenvalue weighted by molar-refractivity contribution is 9.10. The first-order chi connectivity index (χ1) is 9.65. The standard InChI is InChI=1S/C14H16BrN3OS/c1-10-8-11(15)2-3-12(10)20-9-14(19)18-5-4-13-16-6-7-17-13/h2-3,6-8H,4-5,9H2,1H3,(H,16,17)(H,18,19). The lowest BCUT2D eigenvalue weighted by atomic mass is 10.2. The molecular weight excluding hydrogens is 338 g/mol. The maximum atomic E-state index is 11.8. The van der Waals surface area contributed by atoms with E-state index in [-0.39, 0.29) is 5.91 Å². The molecule has 6 heteroatoms. The van der Waals surface area contributed by atoms with Crippen LogP contribution in [0.3, 0.4) is 0 Å². The van der Waals surface area contributed by atoms with Crippen LogP contribution in [0.2, 0.25) is 0 Å². The zero-order chi connectivity index (χ0) is 14.4. The first-order valence-electron chi connectivity index (χ1n) is 6.29. The van der Waals surface area contributed by atoms with Crippen LogP contribution >= 0.6 is 27.7 Å². The van der Waals surface area contributed by atoms with Crippen molar-refractivity contribution in [2.24, 2.45) is 0 Å². The predicted molar refractivity (Wildman–Crippen MR) is 84.9 cm³/mol. The topological polar surface area (TPSA) is 57.8 Å². The van der Waals surface area contributed by atoms with E-state index in [2.05, 4.69) is 37.3 Å². The fraction of sp³-hybridized carbons (Fsp3) is 0.286. The molecule has 0 aliphatic rings. The number of rotatable bonds is 6. The molecule has 0 aliphatic heterocycles. The van der Waals surface area contributed by atoms with Crippen LogP contribution < -0.4 is 5.32 Å². The first-order valence-corrected chi connectivity index (χ1v) is 8.07. The average molecular weight is 354 g/mol. The van der Waals surface area contributed by atoms with Crippen LogP contribution in [0.1, 0.15) is 11.4 Å². The van der Waals surface area contributed by atoms with Gasteiger partial charge in [-0.1, -0.05) is 15.9 Å². The number of H-pyrrole nitrogens is 1. The number of amides is 1. The van der Waals surface area contributed by atoms with E-state index in [9.17, 15) is 4.79 Å². The van der Waals surface area contributed by atoms with Crippen molar-refractivity contribution in [1.29, 1.82) is 0 Å². The smallest absolute Gasteiger partial charge is 0.230 e. The summed E-state index contributed by atoms with van der Waals surface area (Å²) in [5.74, 6) is 1.37. The van der Waals surface area contributed by atoms with E-state index in [1.807, 2.05) is 19.1 Å². The molecule has 1 amide bonds. The third-order valence-electron chi connectivity index (χ3n) is 2.73. The molecule has 0 saturated carbocycles. The molecule has 0 spiro atoms.